The molecule has 0 fully saturated rings. The smallest absolute Gasteiger partial charge is 0.220 e. The lowest BCUT2D eigenvalue weighted by molar-refractivity contribution is -0.122. The highest BCUT2D eigenvalue weighted by Gasteiger charge is 2.19. The summed E-state index contributed by atoms with van der Waals surface area (Å²) in [5.74, 6) is 1.66. The molecule has 0 saturated carbocycles. The summed E-state index contributed by atoms with van der Waals surface area (Å²) in [5.41, 5.74) is 2.59. The van der Waals surface area contributed by atoms with Crippen LogP contribution < -0.4 is 5.32 Å². The minimum atomic E-state index is 0.162. The summed E-state index contributed by atoms with van der Waals surface area (Å²) in [4.78, 5) is 12.1. The van der Waals surface area contributed by atoms with Crippen molar-refractivity contribution in [1.29, 1.82) is 0 Å². The molecule has 0 saturated heterocycles. The van der Waals surface area contributed by atoms with E-state index in [-0.39, 0.29) is 11.9 Å². The molecular weight excluding hydrogens is 258 g/mol. The third kappa shape index (κ3) is 5.91. The van der Waals surface area contributed by atoms with Gasteiger partial charge < -0.3 is 5.32 Å². The minimum absolute atomic E-state index is 0.162. The van der Waals surface area contributed by atoms with Gasteiger partial charge in [-0.3, -0.25) is 4.79 Å². The van der Waals surface area contributed by atoms with Crippen LogP contribution in [0.15, 0.2) is 24.3 Å². The number of rotatable bonds is 7. The van der Waals surface area contributed by atoms with E-state index in [1.54, 1.807) is 0 Å². The zero-order valence-corrected chi connectivity index (χ0v) is 14.4. The average molecular weight is 289 g/mol. The molecule has 0 heterocycles. The number of carbonyl (C=O) groups is 1. The van der Waals surface area contributed by atoms with E-state index in [4.69, 9.17) is 0 Å². The van der Waals surface area contributed by atoms with E-state index in [9.17, 15) is 4.79 Å². The maximum Gasteiger partial charge on any atom is 0.220 e. The van der Waals surface area contributed by atoms with Crippen LogP contribution in [0.5, 0.6) is 0 Å². The van der Waals surface area contributed by atoms with Gasteiger partial charge in [0.25, 0.3) is 0 Å². The highest BCUT2D eigenvalue weighted by atomic mass is 16.1. The van der Waals surface area contributed by atoms with Crippen LogP contribution in [0.4, 0.5) is 0 Å². The molecule has 1 rings (SSSR count). The normalized spacial score (nSPS) is 11.7. The molecule has 0 aliphatic rings. The first kappa shape index (κ1) is 17.7. The van der Waals surface area contributed by atoms with Crippen LogP contribution in [0.25, 0.3) is 0 Å². The molecule has 1 aromatic carbocycles. The van der Waals surface area contributed by atoms with Crippen molar-refractivity contribution < 1.29 is 4.79 Å². The van der Waals surface area contributed by atoms with Crippen molar-refractivity contribution in [1.82, 2.24) is 5.32 Å². The highest BCUT2D eigenvalue weighted by molar-refractivity contribution is 5.76. The van der Waals surface area contributed by atoms with Crippen LogP contribution in [0.2, 0.25) is 0 Å². The van der Waals surface area contributed by atoms with Crippen molar-refractivity contribution in [3.05, 3.63) is 35.4 Å². The van der Waals surface area contributed by atoms with Gasteiger partial charge in [0.15, 0.2) is 0 Å². The lowest BCUT2D eigenvalue weighted by Gasteiger charge is -2.26. The molecular formula is C19H31NO. The van der Waals surface area contributed by atoms with Crippen molar-refractivity contribution in [3.8, 4) is 0 Å². The molecule has 21 heavy (non-hydrogen) atoms. The second-order valence-corrected chi connectivity index (χ2v) is 6.98. The summed E-state index contributed by atoms with van der Waals surface area (Å²) in [6, 6.07) is 8.89. The van der Waals surface area contributed by atoms with Gasteiger partial charge in [-0.05, 0) is 35.3 Å². The lowest BCUT2D eigenvalue weighted by Crippen LogP contribution is -2.42. The van der Waals surface area contributed by atoms with E-state index in [1.807, 2.05) is 0 Å². The lowest BCUT2D eigenvalue weighted by atomic mass is 9.93. The van der Waals surface area contributed by atoms with E-state index in [0.29, 0.717) is 24.2 Å². The molecule has 118 valence electrons. The van der Waals surface area contributed by atoms with Crippen molar-refractivity contribution in [2.45, 2.75) is 66.3 Å². The van der Waals surface area contributed by atoms with Crippen molar-refractivity contribution in [2.75, 3.05) is 0 Å². The standard InChI is InChI=1S/C19H31NO/c1-13(2)17-10-7-16(8-11-17)9-12-18(21)20-19(14(3)4)15(5)6/h7-8,10-11,13-15,19H,9,12H2,1-6H3,(H,20,21). The number of benzene rings is 1. The molecule has 0 radical (unpaired) electrons. The number of hydrogen-bond acceptors (Lipinski definition) is 1. The van der Waals surface area contributed by atoms with Crippen molar-refractivity contribution in [2.24, 2.45) is 11.8 Å². The molecule has 0 aliphatic carbocycles. The van der Waals surface area contributed by atoms with Crippen molar-refractivity contribution in [3.63, 3.8) is 0 Å². The second-order valence-electron chi connectivity index (χ2n) is 6.98. The zero-order valence-electron chi connectivity index (χ0n) is 14.4. The highest BCUT2D eigenvalue weighted by Crippen LogP contribution is 2.16. The Morgan fingerprint density at radius 1 is 0.952 bits per heavy atom. The Morgan fingerprint density at radius 2 is 1.48 bits per heavy atom. The van der Waals surface area contributed by atoms with Gasteiger partial charge in [-0.2, -0.15) is 0 Å². The Labute approximate surface area is 130 Å². The van der Waals surface area contributed by atoms with Crippen LogP contribution in [0.3, 0.4) is 0 Å². The van der Waals surface area contributed by atoms with Gasteiger partial charge in [-0.25, -0.2) is 0 Å². The van der Waals surface area contributed by atoms with E-state index >= 15 is 0 Å². The Balaban J connectivity index is 2.49. The number of amides is 1. The second kappa shape index (κ2) is 8.21. The van der Waals surface area contributed by atoms with Gasteiger partial charge in [-0.1, -0.05) is 65.8 Å². The number of aryl methyl sites for hydroxylation is 1. The Bertz CT molecular complexity index is 423. The van der Waals surface area contributed by atoms with Crippen molar-refractivity contribution >= 4 is 5.91 Å². The molecule has 2 heteroatoms. The van der Waals surface area contributed by atoms with E-state index in [2.05, 4.69) is 71.1 Å². The topological polar surface area (TPSA) is 29.1 Å². The molecule has 1 N–H and O–H groups in total. The van der Waals surface area contributed by atoms with Gasteiger partial charge in [0.05, 0.1) is 0 Å². The quantitative estimate of drug-likeness (QED) is 0.784. The fourth-order valence-electron chi connectivity index (χ4n) is 2.69. The predicted octanol–water partition coefficient (Wildman–Crippen LogP) is 4.54. The fourth-order valence-corrected chi connectivity index (χ4v) is 2.69. The molecule has 0 aliphatic heterocycles. The summed E-state index contributed by atoms with van der Waals surface area (Å²) in [7, 11) is 0. The number of nitrogens with one attached hydrogen (secondary N) is 1. The van der Waals surface area contributed by atoms with E-state index < -0.39 is 0 Å². The summed E-state index contributed by atoms with van der Waals surface area (Å²) < 4.78 is 0. The molecule has 0 bridgehead atoms. The summed E-state index contributed by atoms with van der Waals surface area (Å²) in [6.07, 6.45) is 1.38. The van der Waals surface area contributed by atoms with Gasteiger partial charge >= 0.3 is 0 Å². The maximum atomic E-state index is 12.1. The van der Waals surface area contributed by atoms with Gasteiger partial charge in [0.1, 0.15) is 0 Å². The Hall–Kier alpha value is -1.31. The van der Waals surface area contributed by atoms with Gasteiger partial charge in [0.2, 0.25) is 5.91 Å². The zero-order chi connectivity index (χ0) is 16.0. The molecule has 2 nitrogen and oxygen atoms in total. The average Bonchev–Trinajstić information content (AvgIpc) is 2.42. The van der Waals surface area contributed by atoms with Gasteiger partial charge in [-0.15, -0.1) is 0 Å². The Morgan fingerprint density at radius 3 is 1.90 bits per heavy atom. The molecule has 1 amide bonds. The largest absolute Gasteiger partial charge is 0.353 e. The molecule has 0 unspecified atom stereocenters. The third-order valence-corrected chi connectivity index (χ3v) is 4.05. The summed E-state index contributed by atoms with van der Waals surface area (Å²) in [5, 5.41) is 3.18. The van der Waals surface area contributed by atoms with Crippen LogP contribution in [0.1, 0.15) is 65.0 Å². The first-order chi connectivity index (χ1) is 9.81. The van der Waals surface area contributed by atoms with Crippen LogP contribution >= 0.6 is 0 Å². The molecule has 1 aromatic rings. The predicted molar refractivity (Wildman–Crippen MR) is 90.5 cm³/mol. The third-order valence-electron chi connectivity index (χ3n) is 4.05. The van der Waals surface area contributed by atoms with Gasteiger partial charge in [0, 0.05) is 12.5 Å². The minimum Gasteiger partial charge on any atom is -0.353 e. The van der Waals surface area contributed by atoms with Crippen LogP contribution in [-0.2, 0) is 11.2 Å². The fraction of sp³-hybridized carbons (Fsp3) is 0.632. The summed E-state index contributed by atoms with van der Waals surface area (Å²) in [6.45, 7) is 13.0. The number of hydrogen-bond donors (Lipinski definition) is 1. The monoisotopic (exact) mass is 289 g/mol. The van der Waals surface area contributed by atoms with Crippen LogP contribution in [-0.4, -0.2) is 11.9 Å². The number of carbonyl (C=O) groups excluding carboxylic acids is 1. The maximum absolute atomic E-state index is 12.1. The molecule has 0 aromatic heterocycles. The molecule has 0 spiro atoms. The Kier molecular flexibility index (Phi) is 6.94. The van der Waals surface area contributed by atoms with E-state index in [1.165, 1.54) is 11.1 Å². The molecule has 0 atom stereocenters. The SMILES string of the molecule is CC(C)c1ccc(CCC(=O)NC(C(C)C)C(C)C)cc1. The van der Waals surface area contributed by atoms with E-state index in [0.717, 1.165) is 6.42 Å². The summed E-state index contributed by atoms with van der Waals surface area (Å²) >= 11 is 0. The first-order valence-corrected chi connectivity index (χ1v) is 8.19. The first-order valence-electron chi connectivity index (χ1n) is 8.19. The van der Waals surface area contributed by atoms with Crippen LogP contribution in [0, 0.1) is 11.8 Å².